The van der Waals surface area contributed by atoms with Crippen LogP contribution in [-0.4, -0.2) is 0 Å². The molecule has 0 saturated heterocycles. The Bertz CT molecular complexity index is 1820. The Balaban J connectivity index is 0.000000201. The van der Waals surface area contributed by atoms with E-state index >= 15 is 0 Å². The Morgan fingerprint density at radius 3 is 0.538 bits per heavy atom. The molecule has 10 heteroatoms. The van der Waals surface area contributed by atoms with Crippen molar-refractivity contribution >= 4 is 15.6 Å². The lowest BCUT2D eigenvalue weighted by Gasteiger charge is -2.21. The van der Waals surface area contributed by atoms with Gasteiger partial charge in [0, 0.05) is 0 Å². The smallest absolute Gasteiger partial charge is 0.386 e. The van der Waals surface area contributed by atoms with Crippen molar-refractivity contribution in [1.82, 2.24) is 0 Å². The second-order valence-corrected chi connectivity index (χ2v) is 14.9. The zero-order chi connectivity index (χ0) is 37.1. The average Bonchev–Trinajstić information content (AvgIpc) is 3.11. The van der Waals surface area contributed by atoms with Crippen molar-refractivity contribution in [3.05, 3.63) is 179 Å². The molecule has 0 aliphatic carbocycles. The van der Waals surface area contributed by atoms with E-state index in [9.17, 15) is 9.13 Å². The van der Waals surface area contributed by atoms with E-state index in [-0.39, 0.29) is 0 Å². The third kappa shape index (κ3) is 10.3. The van der Waals surface area contributed by atoms with Gasteiger partial charge in [-0.15, -0.1) is 0 Å². The molecule has 52 heavy (non-hydrogen) atoms. The molecule has 0 amide bonds. The molecule has 0 unspecified atom stereocenters. The number of hydrogen-bond acceptors (Lipinski definition) is 8. The number of phosphoric acid groups is 2. The monoisotopic (exact) mass is 736 g/mol. The molecule has 268 valence electrons. The molecule has 0 bridgehead atoms. The third-order valence-corrected chi connectivity index (χ3v) is 10.3. The highest BCUT2D eigenvalue weighted by Gasteiger charge is 2.35. The first-order valence-electron chi connectivity index (χ1n) is 16.6. The van der Waals surface area contributed by atoms with Crippen LogP contribution in [0, 0.1) is 41.5 Å². The standard InChI is InChI=1S/2C21H21O4P/c2*1-16-10-4-7-13-19(16)23-26(22,24-20-14-8-5-11-17(20)2)25-21-15-9-6-12-18(21)3/h2*4-15H,1-3H3. The summed E-state index contributed by atoms with van der Waals surface area (Å²) in [6.45, 7) is 11.3. The van der Waals surface area contributed by atoms with Crippen molar-refractivity contribution in [2.24, 2.45) is 0 Å². The van der Waals surface area contributed by atoms with Gasteiger partial charge in [-0.05, 0) is 111 Å². The van der Waals surface area contributed by atoms with Gasteiger partial charge in [0.15, 0.2) is 0 Å². The topological polar surface area (TPSA) is 89.5 Å². The summed E-state index contributed by atoms with van der Waals surface area (Å²) < 4.78 is 61.6. The fraction of sp³-hybridized carbons (Fsp3) is 0.143. The van der Waals surface area contributed by atoms with E-state index in [2.05, 4.69) is 0 Å². The van der Waals surface area contributed by atoms with E-state index < -0.39 is 15.6 Å². The largest absolute Gasteiger partial charge is 0.647 e. The number of hydrogen-bond donors (Lipinski definition) is 0. The van der Waals surface area contributed by atoms with E-state index in [4.69, 9.17) is 27.1 Å². The minimum atomic E-state index is -3.97. The second kappa shape index (κ2) is 17.2. The van der Waals surface area contributed by atoms with E-state index in [1.54, 1.807) is 36.4 Å². The van der Waals surface area contributed by atoms with Gasteiger partial charge in [0.1, 0.15) is 34.5 Å². The van der Waals surface area contributed by atoms with Crippen LogP contribution in [0.4, 0.5) is 0 Å². The fourth-order valence-corrected chi connectivity index (χ4v) is 7.69. The van der Waals surface area contributed by atoms with Gasteiger partial charge in [-0.25, -0.2) is 0 Å². The number of rotatable bonds is 12. The molecule has 0 N–H and O–H groups in total. The maximum atomic E-state index is 13.5. The highest BCUT2D eigenvalue weighted by atomic mass is 31.2. The molecule has 0 aliphatic heterocycles. The molecule has 0 atom stereocenters. The van der Waals surface area contributed by atoms with E-state index in [0.717, 1.165) is 33.4 Å². The lowest BCUT2D eigenvalue weighted by molar-refractivity contribution is 0.295. The quantitative estimate of drug-likeness (QED) is 0.115. The lowest BCUT2D eigenvalue weighted by atomic mass is 10.2. The Labute approximate surface area is 306 Å². The molecule has 0 radical (unpaired) electrons. The summed E-state index contributed by atoms with van der Waals surface area (Å²) in [5.41, 5.74) is 5.05. The van der Waals surface area contributed by atoms with E-state index in [1.807, 2.05) is 151 Å². The molecule has 0 spiro atoms. The zero-order valence-electron chi connectivity index (χ0n) is 30.0. The molecule has 6 rings (SSSR count). The minimum Gasteiger partial charge on any atom is -0.386 e. The molecule has 0 fully saturated rings. The Morgan fingerprint density at radius 1 is 0.269 bits per heavy atom. The van der Waals surface area contributed by atoms with Crippen LogP contribution in [0.5, 0.6) is 34.5 Å². The van der Waals surface area contributed by atoms with E-state index in [1.165, 1.54) is 0 Å². The normalized spacial score (nSPS) is 11.0. The summed E-state index contributed by atoms with van der Waals surface area (Å²) in [6, 6.07) is 43.9. The SMILES string of the molecule is Cc1ccccc1OP(=O)(Oc1ccccc1C)Oc1ccccc1C.Cc1ccccc1OP(=O)(Oc1ccccc1C)Oc1ccccc1C. The highest BCUT2D eigenvalue weighted by Crippen LogP contribution is 2.52. The number of phosphoric ester groups is 2. The van der Waals surface area contributed by atoms with Gasteiger partial charge in [0.05, 0.1) is 0 Å². The van der Waals surface area contributed by atoms with Gasteiger partial charge in [-0.1, -0.05) is 109 Å². The molecule has 8 nitrogen and oxygen atoms in total. The van der Waals surface area contributed by atoms with Crippen molar-refractivity contribution in [2.75, 3.05) is 0 Å². The van der Waals surface area contributed by atoms with E-state index in [0.29, 0.717) is 34.5 Å². The summed E-state index contributed by atoms with van der Waals surface area (Å²) in [4.78, 5) is 0. The zero-order valence-corrected chi connectivity index (χ0v) is 31.8. The fourth-order valence-electron chi connectivity index (χ4n) is 4.79. The van der Waals surface area contributed by atoms with Gasteiger partial charge in [-0.2, -0.15) is 9.13 Å². The Hall–Kier alpha value is -5.42. The van der Waals surface area contributed by atoms with Crippen molar-refractivity contribution in [2.45, 2.75) is 41.5 Å². The molecular formula is C42H42O8P2. The number of aryl methyl sites for hydroxylation is 6. The molecule has 6 aromatic rings. The highest BCUT2D eigenvalue weighted by molar-refractivity contribution is 7.50. The maximum Gasteiger partial charge on any atom is 0.647 e. The first-order valence-corrected chi connectivity index (χ1v) is 19.6. The Morgan fingerprint density at radius 2 is 0.404 bits per heavy atom. The maximum absolute atomic E-state index is 13.5. The van der Waals surface area contributed by atoms with Crippen LogP contribution in [0.2, 0.25) is 0 Å². The third-order valence-electron chi connectivity index (χ3n) is 7.82. The van der Waals surface area contributed by atoms with Crippen LogP contribution >= 0.6 is 15.6 Å². The number of para-hydroxylation sites is 6. The van der Waals surface area contributed by atoms with Crippen LogP contribution in [0.3, 0.4) is 0 Å². The Kier molecular flexibility index (Phi) is 12.5. The second-order valence-electron chi connectivity index (χ2n) is 12.0. The molecule has 6 aromatic carbocycles. The van der Waals surface area contributed by atoms with Gasteiger partial charge < -0.3 is 27.1 Å². The summed E-state index contributed by atoms with van der Waals surface area (Å²) in [7, 11) is -7.93. The first kappa shape index (κ1) is 37.8. The van der Waals surface area contributed by atoms with Crippen LogP contribution in [0.15, 0.2) is 146 Å². The predicted molar refractivity (Wildman–Crippen MR) is 206 cm³/mol. The first-order chi connectivity index (χ1) is 24.9. The van der Waals surface area contributed by atoms with Gasteiger partial charge in [0.2, 0.25) is 0 Å². The average molecular weight is 737 g/mol. The lowest BCUT2D eigenvalue weighted by Crippen LogP contribution is -2.09. The molecule has 0 aromatic heterocycles. The van der Waals surface area contributed by atoms with Crippen LogP contribution in [-0.2, 0) is 9.13 Å². The van der Waals surface area contributed by atoms with Crippen LogP contribution in [0.1, 0.15) is 33.4 Å². The molecule has 0 aliphatic rings. The summed E-state index contributed by atoms with van der Waals surface area (Å²) in [5.74, 6) is 2.74. The van der Waals surface area contributed by atoms with Gasteiger partial charge in [0.25, 0.3) is 0 Å². The van der Waals surface area contributed by atoms with Crippen molar-refractivity contribution in [3.63, 3.8) is 0 Å². The minimum absolute atomic E-state index is 0.456. The van der Waals surface area contributed by atoms with Crippen molar-refractivity contribution in [1.29, 1.82) is 0 Å². The van der Waals surface area contributed by atoms with Crippen molar-refractivity contribution < 1.29 is 36.3 Å². The van der Waals surface area contributed by atoms with Crippen molar-refractivity contribution in [3.8, 4) is 34.5 Å². The summed E-state index contributed by atoms with van der Waals surface area (Å²) in [6.07, 6.45) is 0. The summed E-state index contributed by atoms with van der Waals surface area (Å²) in [5, 5.41) is 0. The predicted octanol–water partition coefficient (Wildman–Crippen LogP) is 12.5. The number of benzene rings is 6. The summed E-state index contributed by atoms with van der Waals surface area (Å²) >= 11 is 0. The van der Waals surface area contributed by atoms with Crippen LogP contribution in [0.25, 0.3) is 0 Å². The molecule has 0 heterocycles. The molecular weight excluding hydrogens is 694 g/mol. The van der Waals surface area contributed by atoms with Crippen LogP contribution < -0.4 is 27.1 Å². The molecule has 0 saturated carbocycles. The van der Waals surface area contributed by atoms with Gasteiger partial charge >= 0.3 is 15.6 Å². The van der Waals surface area contributed by atoms with Gasteiger partial charge in [-0.3, -0.25) is 0 Å².